The van der Waals surface area contributed by atoms with Crippen molar-refractivity contribution in [2.24, 2.45) is 11.8 Å². The van der Waals surface area contributed by atoms with Crippen LogP contribution in [0.4, 0.5) is 5.69 Å². The van der Waals surface area contributed by atoms with E-state index in [2.05, 4.69) is 41.8 Å². The number of amides is 1. The van der Waals surface area contributed by atoms with Crippen LogP contribution < -0.4 is 10.6 Å². The third-order valence-electron chi connectivity index (χ3n) is 4.00. The number of carbonyl (C=O) groups is 1. The SMILES string of the molecule is CC(C(=O)Nc1ccc(CCN(C)C)cc1)C1CNC1. The van der Waals surface area contributed by atoms with Crippen molar-refractivity contribution in [1.29, 1.82) is 0 Å². The largest absolute Gasteiger partial charge is 0.326 e. The van der Waals surface area contributed by atoms with Crippen molar-refractivity contribution in [3.63, 3.8) is 0 Å². The molecule has 1 aliphatic rings. The molecule has 1 atom stereocenters. The minimum Gasteiger partial charge on any atom is -0.326 e. The lowest BCUT2D eigenvalue weighted by Crippen LogP contribution is -2.48. The normalized spacial score (nSPS) is 16.8. The summed E-state index contributed by atoms with van der Waals surface area (Å²) in [5.41, 5.74) is 2.19. The quantitative estimate of drug-likeness (QED) is 0.828. The average molecular weight is 275 g/mol. The minimum atomic E-state index is 0.0738. The maximum atomic E-state index is 12.1. The van der Waals surface area contributed by atoms with Crippen molar-refractivity contribution in [1.82, 2.24) is 10.2 Å². The highest BCUT2D eigenvalue weighted by Gasteiger charge is 2.28. The minimum absolute atomic E-state index is 0.0738. The summed E-state index contributed by atoms with van der Waals surface area (Å²) in [6.45, 7) is 4.96. The molecule has 1 aliphatic heterocycles. The molecule has 0 saturated carbocycles. The monoisotopic (exact) mass is 275 g/mol. The maximum Gasteiger partial charge on any atom is 0.227 e. The van der Waals surface area contributed by atoms with E-state index < -0.39 is 0 Å². The van der Waals surface area contributed by atoms with E-state index >= 15 is 0 Å². The highest BCUT2D eigenvalue weighted by Crippen LogP contribution is 2.18. The fourth-order valence-electron chi connectivity index (χ4n) is 2.24. The summed E-state index contributed by atoms with van der Waals surface area (Å²) < 4.78 is 0. The Hall–Kier alpha value is -1.39. The molecule has 1 aromatic rings. The molecule has 2 rings (SSSR count). The molecule has 20 heavy (non-hydrogen) atoms. The second-order valence-electron chi connectivity index (χ2n) is 5.95. The van der Waals surface area contributed by atoms with Gasteiger partial charge in [-0.15, -0.1) is 0 Å². The summed E-state index contributed by atoms with van der Waals surface area (Å²) in [4.78, 5) is 14.3. The first-order valence-corrected chi connectivity index (χ1v) is 7.31. The van der Waals surface area contributed by atoms with Crippen molar-refractivity contribution in [3.05, 3.63) is 29.8 Å². The van der Waals surface area contributed by atoms with E-state index in [0.29, 0.717) is 5.92 Å². The molecule has 0 bridgehead atoms. The predicted molar refractivity (Wildman–Crippen MR) is 82.9 cm³/mol. The van der Waals surface area contributed by atoms with Gasteiger partial charge in [0.2, 0.25) is 5.91 Å². The number of rotatable bonds is 6. The van der Waals surface area contributed by atoms with Crippen molar-refractivity contribution < 1.29 is 4.79 Å². The van der Waals surface area contributed by atoms with E-state index in [0.717, 1.165) is 31.7 Å². The first kappa shape index (κ1) is 15.0. The third kappa shape index (κ3) is 4.05. The summed E-state index contributed by atoms with van der Waals surface area (Å²) >= 11 is 0. The van der Waals surface area contributed by atoms with E-state index in [1.807, 2.05) is 19.1 Å². The number of benzene rings is 1. The first-order chi connectivity index (χ1) is 9.56. The molecule has 0 radical (unpaired) electrons. The van der Waals surface area contributed by atoms with Gasteiger partial charge in [0.1, 0.15) is 0 Å². The number of nitrogens with one attached hydrogen (secondary N) is 2. The Balaban J connectivity index is 1.84. The van der Waals surface area contributed by atoms with Gasteiger partial charge in [-0.1, -0.05) is 19.1 Å². The van der Waals surface area contributed by atoms with Crippen LogP contribution in [0.1, 0.15) is 12.5 Å². The van der Waals surface area contributed by atoms with Crippen molar-refractivity contribution in [2.75, 3.05) is 39.0 Å². The second-order valence-corrected chi connectivity index (χ2v) is 5.95. The Morgan fingerprint density at radius 1 is 1.35 bits per heavy atom. The summed E-state index contributed by atoms with van der Waals surface area (Å²) in [6.07, 6.45) is 1.03. The van der Waals surface area contributed by atoms with Gasteiger partial charge in [-0.25, -0.2) is 0 Å². The molecule has 2 N–H and O–H groups in total. The highest BCUT2D eigenvalue weighted by atomic mass is 16.1. The Morgan fingerprint density at radius 3 is 2.50 bits per heavy atom. The van der Waals surface area contributed by atoms with Gasteiger partial charge in [-0.3, -0.25) is 4.79 Å². The molecule has 4 nitrogen and oxygen atoms in total. The lowest BCUT2D eigenvalue weighted by Gasteiger charge is -2.31. The zero-order chi connectivity index (χ0) is 14.5. The Labute approximate surface area is 121 Å². The molecule has 0 spiro atoms. The van der Waals surface area contributed by atoms with Crippen LogP contribution in [-0.4, -0.2) is 44.5 Å². The van der Waals surface area contributed by atoms with E-state index in [1.54, 1.807) is 0 Å². The standard InChI is InChI=1S/C16H25N3O/c1-12(14-10-17-11-14)16(20)18-15-6-4-13(5-7-15)8-9-19(2)3/h4-7,12,14,17H,8-11H2,1-3H3,(H,18,20). The second kappa shape index (κ2) is 6.86. The molecule has 1 amide bonds. The summed E-state index contributed by atoms with van der Waals surface area (Å²) in [7, 11) is 4.15. The molecule has 110 valence electrons. The fourth-order valence-corrected chi connectivity index (χ4v) is 2.24. The predicted octanol–water partition coefficient (Wildman–Crippen LogP) is 1.58. The van der Waals surface area contributed by atoms with Crippen molar-refractivity contribution in [2.45, 2.75) is 13.3 Å². The number of hydrogen-bond acceptors (Lipinski definition) is 3. The lowest BCUT2D eigenvalue weighted by atomic mass is 9.88. The number of likely N-dealkylation sites (N-methyl/N-ethyl adjacent to an activating group) is 1. The molecule has 0 aliphatic carbocycles. The smallest absolute Gasteiger partial charge is 0.227 e. The van der Waals surface area contributed by atoms with Crippen LogP contribution in [0.2, 0.25) is 0 Å². The van der Waals surface area contributed by atoms with Crippen molar-refractivity contribution >= 4 is 11.6 Å². The van der Waals surface area contributed by atoms with E-state index in [4.69, 9.17) is 0 Å². The van der Waals surface area contributed by atoms with Gasteiger partial charge >= 0.3 is 0 Å². The van der Waals surface area contributed by atoms with Gasteiger partial charge in [0, 0.05) is 18.2 Å². The van der Waals surface area contributed by atoms with Crippen LogP contribution in [0.15, 0.2) is 24.3 Å². The molecular formula is C16H25N3O. The average Bonchev–Trinajstić information content (AvgIpc) is 2.35. The van der Waals surface area contributed by atoms with Crippen LogP contribution in [0.25, 0.3) is 0 Å². The molecule has 1 heterocycles. The highest BCUT2D eigenvalue weighted by molar-refractivity contribution is 5.92. The van der Waals surface area contributed by atoms with Gasteiger partial charge in [-0.2, -0.15) is 0 Å². The molecule has 1 fully saturated rings. The molecular weight excluding hydrogens is 250 g/mol. The maximum absolute atomic E-state index is 12.1. The van der Waals surface area contributed by atoms with Crippen LogP contribution in [0, 0.1) is 11.8 Å². The number of nitrogens with zero attached hydrogens (tertiary/aromatic N) is 1. The molecule has 1 unspecified atom stereocenters. The van der Waals surface area contributed by atoms with Crippen LogP contribution in [-0.2, 0) is 11.2 Å². The lowest BCUT2D eigenvalue weighted by molar-refractivity contribution is -0.121. The number of anilines is 1. The van der Waals surface area contributed by atoms with Gasteiger partial charge in [0.15, 0.2) is 0 Å². The number of carbonyl (C=O) groups excluding carboxylic acids is 1. The van der Waals surface area contributed by atoms with E-state index in [9.17, 15) is 4.79 Å². The Kier molecular flexibility index (Phi) is 5.15. The molecule has 0 aromatic heterocycles. The molecule has 1 aromatic carbocycles. The summed E-state index contributed by atoms with van der Waals surface area (Å²) in [5.74, 6) is 0.677. The Morgan fingerprint density at radius 2 is 2.00 bits per heavy atom. The van der Waals surface area contributed by atoms with Crippen LogP contribution >= 0.6 is 0 Å². The van der Waals surface area contributed by atoms with E-state index in [1.165, 1.54) is 5.56 Å². The van der Waals surface area contributed by atoms with E-state index in [-0.39, 0.29) is 11.8 Å². The fraction of sp³-hybridized carbons (Fsp3) is 0.562. The number of hydrogen-bond donors (Lipinski definition) is 2. The zero-order valence-corrected chi connectivity index (χ0v) is 12.6. The summed E-state index contributed by atoms with van der Waals surface area (Å²) in [6, 6.07) is 8.17. The third-order valence-corrected chi connectivity index (χ3v) is 4.00. The zero-order valence-electron chi connectivity index (χ0n) is 12.6. The Bertz CT molecular complexity index is 438. The molecule has 1 saturated heterocycles. The van der Waals surface area contributed by atoms with Crippen LogP contribution in [0.3, 0.4) is 0 Å². The topological polar surface area (TPSA) is 44.4 Å². The van der Waals surface area contributed by atoms with Gasteiger partial charge in [0.05, 0.1) is 0 Å². The van der Waals surface area contributed by atoms with Gasteiger partial charge in [-0.05, 0) is 57.2 Å². The van der Waals surface area contributed by atoms with Crippen molar-refractivity contribution in [3.8, 4) is 0 Å². The van der Waals surface area contributed by atoms with Gasteiger partial charge in [0.25, 0.3) is 0 Å². The summed E-state index contributed by atoms with van der Waals surface area (Å²) in [5, 5.41) is 6.21. The van der Waals surface area contributed by atoms with Gasteiger partial charge < -0.3 is 15.5 Å². The van der Waals surface area contributed by atoms with Crippen LogP contribution in [0.5, 0.6) is 0 Å². The molecule has 4 heteroatoms. The first-order valence-electron chi connectivity index (χ1n) is 7.31.